The zero-order valence-electron chi connectivity index (χ0n) is 11.0. The molecule has 0 bridgehead atoms. The van der Waals surface area contributed by atoms with E-state index in [1.807, 2.05) is 6.07 Å². The van der Waals surface area contributed by atoms with Crippen molar-refractivity contribution in [3.63, 3.8) is 0 Å². The second-order valence-corrected chi connectivity index (χ2v) is 3.69. The van der Waals surface area contributed by atoms with Gasteiger partial charge in [-0.05, 0) is 12.5 Å². The molecule has 0 saturated heterocycles. The van der Waals surface area contributed by atoms with Gasteiger partial charge in [-0.15, -0.1) is 6.58 Å². The Hall–Kier alpha value is -1.72. The lowest BCUT2D eigenvalue weighted by Gasteiger charge is -2.20. The van der Waals surface area contributed by atoms with Crippen molar-refractivity contribution < 1.29 is 14.2 Å². The van der Waals surface area contributed by atoms with Gasteiger partial charge in [-0.25, -0.2) is 0 Å². The van der Waals surface area contributed by atoms with Crippen LogP contribution in [0.4, 0.5) is 0 Å². The normalized spacial score (nSPS) is 11.8. The first-order valence-electron chi connectivity index (χ1n) is 5.58. The molecule has 0 heterocycles. The maximum atomic E-state index is 5.55. The minimum absolute atomic E-state index is 0.0859. The van der Waals surface area contributed by atoms with Crippen LogP contribution in [0.25, 0.3) is 0 Å². The summed E-state index contributed by atoms with van der Waals surface area (Å²) in [5, 5.41) is 0. The molecule has 0 saturated carbocycles. The molecule has 0 spiro atoms. The molecule has 1 rings (SSSR count). The Bertz CT molecular complexity index is 407. The van der Waals surface area contributed by atoms with E-state index in [4.69, 9.17) is 20.1 Å². The average Bonchev–Trinajstić information content (AvgIpc) is 2.43. The van der Waals surface area contributed by atoms with E-state index in [2.05, 4.69) is 12.0 Å². The number of hydrogen-bond acceptors (Lipinski definition) is 5. The molecule has 0 aromatic heterocycles. The van der Waals surface area contributed by atoms with Crippen molar-refractivity contribution in [3.8, 4) is 17.2 Å². The highest BCUT2D eigenvalue weighted by Crippen LogP contribution is 2.38. The van der Waals surface area contributed by atoms with E-state index in [1.54, 1.807) is 33.5 Å². The Morgan fingerprint density at radius 3 is 2.17 bits per heavy atom. The Morgan fingerprint density at radius 1 is 1.17 bits per heavy atom. The third kappa shape index (κ3) is 2.94. The Kier molecular flexibility index (Phi) is 5.48. The van der Waals surface area contributed by atoms with Gasteiger partial charge in [-0.2, -0.15) is 0 Å². The van der Waals surface area contributed by atoms with Gasteiger partial charge in [0.2, 0.25) is 0 Å². The van der Waals surface area contributed by atoms with Gasteiger partial charge in [-0.1, -0.05) is 6.08 Å². The van der Waals surface area contributed by atoms with Crippen LogP contribution >= 0.6 is 0 Å². The Morgan fingerprint density at radius 2 is 1.72 bits per heavy atom. The quantitative estimate of drug-likeness (QED) is 0.440. The van der Waals surface area contributed by atoms with Gasteiger partial charge in [0.15, 0.2) is 11.5 Å². The highest BCUT2D eigenvalue weighted by atomic mass is 16.5. The summed E-state index contributed by atoms with van der Waals surface area (Å²) in [6.45, 7) is 3.71. The summed E-state index contributed by atoms with van der Waals surface area (Å²) in [7, 11) is 4.78. The number of nitrogens with two attached hydrogens (primary N) is 1. The monoisotopic (exact) mass is 252 g/mol. The standard InChI is InChI=1S/C13H20N2O3/c1-5-6-10(15-14)9-7-12(17-3)13(18-4)8-11(9)16-2/h5,7-8,10,15H,1,6,14H2,2-4H3. The molecule has 0 aliphatic carbocycles. The number of nitrogens with one attached hydrogen (secondary N) is 1. The molecule has 3 N–H and O–H groups in total. The molecule has 1 atom stereocenters. The van der Waals surface area contributed by atoms with Crippen LogP contribution in [-0.2, 0) is 0 Å². The van der Waals surface area contributed by atoms with Crippen LogP contribution in [0.15, 0.2) is 24.8 Å². The molecular formula is C13H20N2O3. The van der Waals surface area contributed by atoms with Gasteiger partial charge >= 0.3 is 0 Å². The van der Waals surface area contributed by atoms with Crippen LogP contribution in [0.2, 0.25) is 0 Å². The number of hydrogen-bond donors (Lipinski definition) is 2. The van der Waals surface area contributed by atoms with Crippen LogP contribution in [-0.4, -0.2) is 21.3 Å². The van der Waals surface area contributed by atoms with Crippen molar-refractivity contribution in [3.05, 3.63) is 30.4 Å². The molecule has 0 fully saturated rings. The van der Waals surface area contributed by atoms with Gasteiger partial charge in [0.05, 0.1) is 27.4 Å². The van der Waals surface area contributed by atoms with E-state index in [0.29, 0.717) is 23.7 Å². The van der Waals surface area contributed by atoms with Crippen LogP contribution < -0.4 is 25.5 Å². The summed E-state index contributed by atoms with van der Waals surface area (Å²) < 4.78 is 15.9. The maximum absolute atomic E-state index is 5.55. The molecule has 100 valence electrons. The Labute approximate surface area is 107 Å². The number of rotatable bonds is 7. The molecule has 1 aromatic carbocycles. The SMILES string of the molecule is C=CCC(NN)c1cc(OC)c(OC)cc1OC. The fraction of sp³-hybridized carbons (Fsp3) is 0.385. The summed E-state index contributed by atoms with van der Waals surface area (Å²) in [6, 6.07) is 3.55. The predicted octanol–water partition coefficient (Wildman–Crippen LogP) is 1.79. The van der Waals surface area contributed by atoms with Gasteiger partial charge < -0.3 is 14.2 Å². The second kappa shape index (κ2) is 6.88. The lowest BCUT2D eigenvalue weighted by atomic mass is 10.0. The second-order valence-electron chi connectivity index (χ2n) is 3.69. The summed E-state index contributed by atoms with van der Waals surface area (Å²) in [5.41, 5.74) is 3.64. The van der Waals surface area contributed by atoms with E-state index in [-0.39, 0.29) is 6.04 Å². The van der Waals surface area contributed by atoms with Crippen LogP contribution in [0.5, 0.6) is 17.2 Å². The molecule has 5 heteroatoms. The summed E-state index contributed by atoms with van der Waals surface area (Å²) in [4.78, 5) is 0. The Balaban J connectivity index is 3.27. The molecule has 0 aliphatic heterocycles. The van der Waals surface area contributed by atoms with Crippen molar-refractivity contribution in [2.24, 2.45) is 5.84 Å². The maximum Gasteiger partial charge on any atom is 0.164 e. The van der Waals surface area contributed by atoms with E-state index in [9.17, 15) is 0 Å². The molecule has 18 heavy (non-hydrogen) atoms. The zero-order chi connectivity index (χ0) is 13.5. The average molecular weight is 252 g/mol. The van der Waals surface area contributed by atoms with E-state index in [1.165, 1.54) is 0 Å². The fourth-order valence-electron chi connectivity index (χ4n) is 1.78. The number of benzene rings is 1. The number of hydrazine groups is 1. The number of methoxy groups -OCH3 is 3. The highest BCUT2D eigenvalue weighted by Gasteiger charge is 2.18. The van der Waals surface area contributed by atoms with Crippen molar-refractivity contribution in [2.45, 2.75) is 12.5 Å². The van der Waals surface area contributed by atoms with Crippen molar-refractivity contribution in [1.82, 2.24) is 5.43 Å². The molecule has 1 aromatic rings. The first-order chi connectivity index (χ1) is 8.71. The van der Waals surface area contributed by atoms with E-state index >= 15 is 0 Å². The van der Waals surface area contributed by atoms with Crippen LogP contribution in [0, 0.1) is 0 Å². The molecule has 0 radical (unpaired) electrons. The summed E-state index contributed by atoms with van der Waals surface area (Å²) in [5.74, 6) is 7.50. The molecule has 5 nitrogen and oxygen atoms in total. The zero-order valence-corrected chi connectivity index (χ0v) is 11.0. The lowest BCUT2D eigenvalue weighted by molar-refractivity contribution is 0.345. The van der Waals surface area contributed by atoms with Crippen molar-refractivity contribution in [2.75, 3.05) is 21.3 Å². The third-order valence-electron chi connectivity index (χ3n) is 2.71. The molecule has 0 aliphatic rings. The largest absolute Gasteiger partial charge is 0.496 e. The predicted molar refractivity (Wildman–Crippen MR) is 71.0 cm³/mol. The molecule has 1 unspecified atom stereocenters. The first-order valence-corrected chi connectivity index (χ1v) is 5.58. The van der Waals surface area contributed by atoms with Crippen molar-refractivity contribution in [1.29, 1.82) is 0 Å². The van der Waals surface area contributed by atoms with Gasteiger partial charge in [0.25, 0.3) is 0 Å². The number of ether oxygens (including phenoxy) is 3. The minimum atomic E-state index is -0.0859. The summed E-state index contributed by atoms with van der Waals surface area (Å²) in [6.07, 6.45) is 2.48. The van der Waals surface area contributed by atoms with Gasteiger partial charge in [-0.3, -0.25) is 11.3 Å². The smallest absolute Gasteiger partial charge is 0.164 e. The molecular weight excluding hydrogens is 232 g/mol. The minimum Gasteiger partial charge on any atom is -0.496 e. The van der Waals surface area contributed by atoms with Crippen LogP contribution in [0.1, 0.15) is 18.0 Å². The van der Waals surface area contributed by atoms with E-state index in [0.717, 1.165) is 5.56 Å². The fourth-order valence-corrected chi connectivity index (χ4v) is 1.78. The van der Waals surface area contributed by atoms with Gasteiger partial charge in [0.1, 0.15) is 5.75 Å². The topological polar surface area (TPSA) is 65.7 Å². The van der Waals surface area contributed by atoms with Crippen LogP contribution in [0.3, 0.4) is 0 Å². The third-order valence-corrected chi connectivity index (χ3v) is 2.71. The summed E-state index contributed by atoms with van der Waals surface area (Å²) >= 11 is 0. The van der Waals surface area contributed by atoms with Crippen molar-refractivity contribution >= 4 is 0 Å². The van der Waals surface area contributed by atoms with Gasteiger partial charge in [0, 0.05) is 11.6 Å². The van der Waals surface area contributed by atoms with E-state index < -0.39 is 0 Å². The lowest BCUT2D eigenvalue weighted by Crippen LogP contribution is -2.28. The molecule has 0 amide bonds. The highest BCUT2D eigenvalue weighted by molar-refractivity contribution is 5.51. The first kappa shape index (κ1) is 14.3.